The molecule has 0 heterocycles. The number of carbonyl (C=O) groups excluding carboxylic acids is 4. The molecule has 242 valence electrons. The van der Waals surface area contributed by atoms with E-state index in [2.05, 4.69) is 23.3 Å². The third-order valence-corrected chi connectivity index (χ3v) is 6.86. The average Bonchev–Trinajstić information content (AvgIpc) is 2.92. The number of rotatable bonds is 12. The number of alkyl carbamates (subject to hydrolysis) is 1. The number of hydrogen-bond donors (Lipinski definition) is 4. The van der Waals surface area contributed by atoms with Gasteiger partial charge in [0.15, 0.2) is 0 Å². The van der Waals surface area contributed by atoms with E-state index in [4.69, 9.17) is 9.47 Å². The van der Waals surface area contributed by atoms with Crippen molar-refractivity contribution < 1.29 is 33.8 Å². The van der Waals surface area contributed by atoms with Gasteiger partial charge in [0.05, 0.1) is 0 Å². The summed E-state index contributed by atoms with van der Waals surface area (Å²) in [7, 11) is 0. The van der Waals surface area contributed by atoms with Gasteiger partial charge in [-0.15, -0.1) is 0 Å². The predicted octanol–water partition coefficient (Wildman–Crippen LogP) is 4.95. The molecular formula is C33H47N3O7S. The summed E-state index contributed by atoms with van der Waals surface area (Å²) in [6, 6.07) is 11.2. The maximum Gasteiger partial charge on any atom is 0.408 e. The predicted molar refractivity (Wildman–Crippen MR) is 172 cm³/mol. The van der Waals surface area contributed by atoms with Gasteiger partial charge >= 0.3 is 12.1 Å². The molecule has 4 unspecified atom stereocenters. The summed E-state index contributed by atoms with van der Waals surface area (Å²) >= 11 is 4.32. The summed E-state index contributed by atoms with van der Waals surface area (Å²) < 4.78 is 11.0. The van der Waals surface area contributed by atoms with Crippen molar-refractivity contribution in [2.75, 3.05) is 5.75 Å². The molecule has 0 saturated heterocycles. The first-order valence-electron chi connectivity index (χ1n) is 14.7. The van der Waals surface area contributed by atoms with E-state index in [0.29, 0.717) is 12.0 Å². The number of thiol groups is 1. The SMILES string of the molecule is CCC(C)N(C(=O)C(CS)NC(=O)OC(C)(C)C)C(C(=O)NC(Cc1ccccc1)C(=O)OC(C)(C)C)c1cccc(O)c1. The molecule has 2 aromatic carbocycles. The Morgan fingerprint density at radius 1 is 0.886 bits per heavy atom. The maximum absolute atomic E-state index is 14.3. The van der Waals surface area contributed by atoms with Crippen LogP contribution in [0.25, 0.3) is 0 Å². The molecule has 11 heteroatoms. The first kappa shape index (κ1) is 36.5. The van der Waals surface area contributed by atoms with Crippen molar-refractivity contribution in [1.82, 2.24) is 15.5 Å². The summed E-state index contributed by atoms with van der Waals surface area (Å²) in [6.45, 7) is 14.0. The number of benzene rings is 2. The monoisotopic (exact) mass is 629 g/mol. The lowest BCUT2D eigenvalue weighted by Crippen LogP contribution is -2.57. The normalized spacial score (nSPS) is 14.4. The zero-order chi connectivity index (χ0) is 33.2. The number of nitrogens with one attached hydrogen (secondary N) is 2. The third-order valence-electron chi connectivity index (χ3n) is 6.49. The van der Waals surface area contributed by atoms with Crippen molar-refractivity contribution >= 4 is 36.5 Å². The van der Waals surface area contributed by atoms with Crippen molar-refractivity contribution in [3.63, 3.8) is 0 Å². The molecule has 2 aromatic rings. The highest BCUT2D eigenvalue weighted by molar-refractivity contribution is 7.80. The lowest BCUT2D eigenvalue weighted by atomic mass is 9.98. The summed E-state index contributed by atoms with van der Waals surface area (Å²) in [5, 5.41) is 15.7. The van der Waals surface area contributed by atoms with Crippen LogP contribution >= 0.6 is 12.6 Å². The van der Waals surface area contributed by atoms with Crippen molar-refractivity contribution in [1.29, 1.82) is 0 Å². The quantitative estimate of drug-likeness (QED) is 0.193. The van der Waals surface area contributed by atoms with Crippen LogP contribution in [0.2, 0.25) is 0 Å². The van der Waals surface area contributed by atoms with Crippen molar-refractivity contribution in [2.24, 2.45) is 0 Å². The summed E-state index contributed by atoms with van der Waals surface area (Å²) in [5.41, 5.74) is -0.504. The zero-order valence-corrected chi connectivity index (χ0v) is 27.8. The Hall–Kier alpha value is -3.73. The first-order chi connectivity index (χ1) is 20.5. The molecule has 0 aromatic heterocycles. The Balaban J connectivity index is 2.58. The second-order valence-electron chi connectivity index (χ2n) is 12.7. The number of phenols is 1. The van der Waals surface area contributed by atoms with Gasteiger partial charge in [0.1, 0.15) is 35.1 Å². The van der Waals surface area contributed by atoms with Crippen LogP contribution in [-0.2, 0) is 30.3 Å². The Morgan fingerprint density at radius 3 is 2.02 bits per heavy atom. The van der Waals surface area contributed by atoms with Crippen molar-refractivity contribution in [3.05, 3.63) is 65.7 Å². The molecule has 2 rings (SSSR count). The van der Waals surface area contributed by atoms with Crippen LogP contribution < -0.4 is 10.6 Å². The Kier molecular flexibility index (Phi) is 13.1. The van der Waals surface area contributed by atoms with Gasteiger partial charge in [-0.05, 0) is 78.1 Å². The highest BCUT2D eigenvalue weighted by Crippen LogP contribution is 2.29. The number of esters is 1. The molecule has 0 aliphatic rings. The van der Waals surface area contributed by atoms with Crippen LogP contribution in [0.3, 0.4) is 0 Å². The zero-order valence-electron chi connectivity index (χ0n) is 26.9. The van der Waals surface area contributed by atoms with E-state index in [9.17, 15) is 24.3 Å². The van der Waals surface area contributed by atoms with E-state index in [1.165, 1.54) is 17.0 Å². The lowest BCUT2D eigenvalue weighted by Gasteiger charge is -2.38. The topological polar surface area (TPSA) is 134 Å². The van der Waals surface area contributed by atoms with Gasteiger partial charge in [-0.3, -0.25) is 9.59 Å². The van der Waals surface area contributed by atoms with E-state index in [-0.39, 0.29) is 17.9 Å². The molecule has 0 aliphatic carbocycles. The van der Waals surface area contributed by atoms with E-state index in [1.54, 1.807) is 60.6 Å². The highest BCUT2D eigenvalue weighted by atomic mass is 32.1. The van der Waals surface area contributed by atoms with Gasteiger partial charge in [-0.2, -0.15) is 12.6 Å². The number of ether oxygens (including phenoxy) is 2. The summed E-state index contributed by atoms with van der Waals surface area (Å²) in [4.78, 5) is 55.8. The third kappa shape index (κ3) is 11.4. The minimum atomic E-state index is -1.28. The number of aromatic hydroxyl groups is 1. The molecular weight excluding hydrogens is 582 g/mol. The minimum Gasteiger partial charge on any atom is -0.508 e. The van der Waals surface area contributed by atoms with E-state index < -0.39 is 59.2 Å². The molecule has 0 radical (unpaired) electrons. The molecule has 44 heavy (non-hydrogen) atoms. The van der Waals surface area contributed by atoms with Gasteiger partial charge in [0.25, 0.3) is 0 Å². The fourth-order valence-electron chi connectivity index (χ4n) is 4.41. The van der Waals surface area contributed by atoms with Crippen LogP contribution in [0.1, 0.15) is 79.0 Å². The molecule has 0 saturated carbocycles. The minimum absolute atomic E-state index is 0.0755. The van der Waals surface area contributed by atoms with Gasteiger partial charge in [0, 0.05) is 18.2 Å². The van der Waals surface area contributed by atoms with E-state index >= 15 is 0 Å². The highest BCUT2D eigenvalue weighted by Gasteiger charge is 2.40. The van der Waals surface area contributed by atoms with E-state index in [1.807, 2.05) is 37.3 Å². The van der Waals surface area contributed by atoms with Crippen LogP contribution in [-0.4, -0.2) is 69.0 Å². The average molecular weight is 630 g/mol. The smallest absolute Gasteiger partial charge is 0.408 e. The molecule has 4 atom stereocenters. The maximum atomic E-state index is 14.3. The second kappa shape index (κ2) is 15.8. The Labute approximate surface area is 266 Å². The van der Waals surface area contributed by atoms with Crippen molar-refractivity contribution in [2.45, 2.75) is 104 Å². The molecule has 10 nitrogen and oxygen atoms in total. The molecule has 0 fully saturated rings. The number of nitrogens with zero attached hydrogens (tertiary/aromatic N) is 1. The van der Waals surface area contributed by atoms with Crippen LogP contribution in [0.5, 0.6) is 5.75 Å². The molecule has 0 aliphatic heterocycles. The standard InChI is InChI=1S/C33H47N3O7S/c1-9-21(2)36(29(39)26(20-44)35-31(41)43-33(6,7)8)27(23-16-13-17-24(37)19-23)28(38)34-25(30(40)42-32(3,4)5)18-22-14-11-10-12-15-22/h10-17,19,21,25-27,37,44H,9,18,20H2,1-8H3,(H,34,38)(H,35,41). The molecule has 0 bridgehead atoms. The van der Waals surface area contributed by atoms with Gasteiger partial charge in [-0.25, -0.2) is 9.59 Å². The lowest BCUT2D eigenvalue weighted by molar-refractivity contribution is -0.159. The van der Waals surface area contributed by atoms with Crippen LogP contribution in [0, 0.1) is 0 Å². The second-order valence-corrected chi connectivity index (χ2v) is 13.0. The first-order valence-corrected chi connectivity index (χ1v) is 15.4. The number of carbonyl (C=O) groups is 4. The molecule has 3 amide bonds. The Morgan fingerprint density at radius 2 is 1.50 bits per heavy atom. The van der Waals surface area contributed by atoms with Crippen LogP contribution in [0.15, 0.2) is 54.6 Å². The molecule has 3 N–H and O–H groups in total. The van der Waals surface area contributed by atoms with Gasteiger partial charge in [0.2, 0.25) is 11.8 Å². The number of phenolic OH excluding ortho intramolecular Hbond substituents is 1. The van der Waals surface area contributed by atoms with Gasteiger partial charge in [-0.1, -0.05) is 49.4 Å². The van der Waals surface area contributed by atoms with E-state index in [0.717, 1.165) is 5.56 Å². The van der Waals surface area contributed by atoms with Crippen molar-refractivity contribution in [3.8, 4) is 5.75 Å². The fraction of sp³-hybridized carbons (Fsp3) is 0.515. The largest absolute Gasteiger partial charge is 0.508 e. The van der Waals surface area contributed by atoms with Crippen LogP contribution in [0.4, 0.5) is 4.79 Å². The molecule has 0 spiro atoms. The summed E-state index contributed by atoms with van der Waals surface area (Å²) in [5.74, 6) is -2.06. The Bertz CT molecular complexity index is 1270. The number of hydrogen-bond acceptors (Lipinski definition) is 8. The number of amides is 3. The van der Waals surface area contributed by atoms with Gasteiger partial charge < -0.3 is 30.1 Å². The summed E-state index contributed by atoms with van der Waals surface area (Å²) in [6.07, 6.45) is -0.204. The fourth-order valence-corrected chi connectivity index (χ4v) is 4.66.